The summed E-state index contributed by atoms with van der Waals surface area (Å²) in [4.78, 5) is 35.8. The lowest BCUT2D eigenvalue weighted by atomic mass is 10.1. The zero-order valence-corrected chi connectivity index (χ0v) is 14.2. The fraction of sp³-hybridized carbons (Fsp3) is 0.250. The van der Waals surface area contributed by atoms with Crippen molar-refractivity contribution < 1.29 is 23.9 Å². The third-order valence-corrected chi connectivity index (χ3v) is 3.55. The molecule has 0 aromatic heterocycles. The first-order valence-electron chi connectivity index (χ1n) is 8.12. The van der Waals surface area contributed by atoms with E-state index >= 15 is 0 Å². The number of carbonyl (C=O) groups is 3. The maximum absolute atomic E-state index is 12.1. The summed E-state index contributed by atoms with van der Waals surface area (Å²) >= 11 is 0. The van der Waals surface area contributed by atoms with Gasteiger partial charge >= 0.3 is 17.9 Å². The van der Waals surface area contributed by atoms with Crippen LogP contribution in [0.25, 0.3) is 0 Å². The second kappa shape index (κ2) is 8.78. The first kappa shape index (κ1) is 18.4. The van der Waals surface area contributed by atoms with Crippen LogP contribution in [-0.4, -0.2) is 24.0 Å². The lowest BCUT2D eigenvalue weighted by Crippen LogP contribution is -2.28. The van der Waals surface area contributed by atoms with Crippen molar-refractivity contribution in [3.05, 3.63) is 71.3 Å². The average molecular weight is 340 g/mol. The molecule has 2 aromatic rings. The zero-order chi connectivity index (χ0) is 18.2. The van der Waals surface area contributed by atoms with Crippen LogP contribution in [0.4, 0.5) is 0 Å². The van der Waals surface area contributed by atoms with Crippen molar-refractivity contribution in [1.82, 2.24) is 0 Å². The van der Waals surface area contributed by atoms with E-state index in [1.807, 2.05) is 12.1 Å². The van der Waals surface area contributed by atoms with Crippen molar-refractivity contribution in [1.29, 1.82) is 0 Å². The number of hydrogen-bond acceptors (Lipinski definition) is 5. The molecule has 0 saturated heterocycles. The largest absolute Gasteiger partial charge is 0.447 e. The molecular weight excluding hydrogens is 320 g/mol. The van der Waals surface area contributed by atoms with E-state index in [-0.39, 0.29) is 5.56 Å². The van der Waals surface area contributed by atoms with E-state index in [1.165, 1.54) is 19.1 Å². The third-order valence-electron chi connectivity index (χ3n) is 3.55. The highest BCUT2D eigenvalue weighted by atomic mass is 16.6. The number of aryl methyl sites for hydroxylation is 1. The molecule has 0 N–H and O–H groups in total. The van der Waals surface area contributed by atoms with Gasteiger partial charge in [0.25, 0.3) is 0 Å². The first-order chi connectivity index (χ1) is 12.0. The van der Waals surface area contributed by atoms with Gasteiger partial charge in [-0.2, -0.15) is 0 Å². The van der Waals surface area contributed by atoms with Gasteiger partial charge in [-0.05, 0) is 43.2 Å². The minimum atomic E-state index is -1.18. The third kappa shape index (κ3) is 5.28. The Bertz CT molecular complexity index is 734. The molecule has 2 rings (SSSR count). The summed E-state index contributed by atoms with van der Waals surface area (Å²) in [6.45, 7) is 3.44. The molecule has 5 heteroatoms. The van der Waals surface area contributed by atoms with Gasteiger partial charge in [-0.15, -0.1) is 0 Å². The Kier molecular flexibility index (Phi) is 6.46. The van der Waals surface area contributed by atoms with Crippen LogP contribution in [-0.2, 0) is 20.7 Å². The van der Waals surface area contributed by atoms with E-state index in [0.717, 1.165) is 18.4 Å². The second-order valence-corrected chi connectivity index (χ2v) is 5.57. The Morgan fingerprint density at radius 1 is 0.880 bits per heavy atom. The van der Waals surface area contributed by atoms with E-state index in [2.05, 4.69) is 6.92 Å². The minimum absolute atomic E-state index is 0.251. The highest BCUT2D eigenvalue weighted by Gasteiger charge is 2.23. The van der Waals surface area contributed by atoms with E-state index in [1.54, 1.807) is 30.3 Å². The molecule has 1 unspecified atom stereocenters. The van der Waals surface area contributed by atoms with Crippen LogP contribution >= 0.6 is 0 Å². The second-order valence-electron chi connectivity index (χ2n) is 5.57. The van der Waals surface area contributed by atoms with Crippen LogP contribution in [0.2, 0.25) is 0 Å². The molecule has 0 bridgehead atoms. The van der Waals surface area contributed by atoms with Gasteiger partial charge in [-0.3, -0.25) is 0 Å². The molecule has 0 heterocycles. The summed E-state index contributed by atoms with van der Waals surface area (Å²) in [5, 5.41) is 0. The van der Waals surface area contributed by atoms with Gasteiger partial charge < -0.3 is 9.47 Å². The lowest BCUT2D eigenvalue weighted by Gasteiger charge is -2.12. The van der Waals surface area contributed by atoms with E-state index in [9.17, 15) is 14.4 Å². The van der Waals surface area contributed by atoms with Gasteiger partial charge in [0.15, 0.2) is 6.10 Å². The van der Waals surface area contributed by atoms with Crippen molar-refractivity contribution in [3.63, 3.8) is 0 Å². The summed E-state index contributed by atoms with van der Waals surface area (Å²) in [5.41, 5.74) is 1.72. The van der Waals surface area contributed by atoms with Gasteiger partial charge in [0.1, 0.15) is 0 Å². The maximum Gasteiger partial charge on any atom is 0.355 e. The van der Waals surface area contributed by atoms with Gasteiger partial charge in [0.2, 0.25) is 0 Å². The number of benzene rings is 2. The molecule has 0 saturated carbocycles. The molecule has 0 amide bonds. The summed E-state index contributed by atoms with van der Waals surface area (Å²) in [5.74, 6) is -2.33. The van der Waals surface area contributed by atoms with Crippen LogP contribution in [0.5, 0.6) is 0 Å². The Balaban J connectivity index is 1.91. The van der Waals surface area contributed by atoms with E-state index < -0.39 is 24.0 Å². The highest BCUT2D eigenvalue weighted by molar-refractivity contribution is 5.98. The van der Waals surface area contributed by atoms with Crippen LogP contribution in [0.3, 0.4) is 0 Å². The molecule has 5 nitrogen and oxygen atoms in total. The van der Waals surface area contributed by atoms with Crippen LogP contribution < -0.4 is 0 Å². The molecule has 130 valence electrons. The molecule has 0 aliphatic carbocycles. The van der Waals surface area contributed by atoms with Gasteiger partial charge in [-0.25, -0.2) is 14.4 Å². The molecule has 0 aliphatic rings. The summed E-state index contributed by atoms with van der Waals surface area (Å²) in [6, 6.07) is 15.1. The number of hydrogen-bond donors (Lipinski definition) is 0. The van der Waals surface area contributed by atoms with Gasteiger partial charge in [0, 0.05) is 0 Å². The fourth-order valence-electron chi connectivity index (χ4n) is 2.18. The average Bonchev–Trinajstić information content (AvgIpc) is 2.63. The monoisotopic (exact) mass is 340 g/mol. The summed E-state index contributed by atoms with van der Waals surface area (Å²) in [7, 11) is 0. The van der Waals surface area contributed by atoms with Gasteiger partial charge in [0.05, 0.1) is 11.1 Å². The molecule has 0 aliphatic heterocycles. The molecule has 2 aromatic carbocycles. The van der Waals surface area contributed by atoms with Crippen molar-refractivity contribution in [2.24, 2.45) is 0 Å². The summed E-state index contributed by atoms with van der Waals surface area (Å²) < 4.78 is 9.80. The summed E-state index contributed by atoms with van der Waals surface area (Å²) in [6.07, 6.45) is 0.761. The molecular formula is C20H20O5. The minimum Gasteiger partial charge on any atom is -0.447 e. The van der Waals surface area contributed by atoms with Crippen molar-refractivity contribution >= 4 is 17.9 Å². The number of rotatable bonds is 6. The molecule has 1 atom stereocenters. The number of ether oxygens (including phenoxy) is 2. The normalized spacial score (nSPS) is 11.4. The van der Waals surface area contributed by atoms with Crippen LogP contribution in [0.15, 0.2) is 54.6 Å². The Labute approximate surface area is 146 Å². The Hall–Kier alpha value is -2.95. The molecule has 0 radical (unpaired) electrons. The Morgan fingerprint density at radius 3 is 2.08 bits per heavy atom. The van der Waals surface area contributed by atoms with Gasteiger partial charge in [-0.1, -0.05) is 43.7 Å². The maximum atomic E-state index is 12.1. The van der Waals surface area contributed by atoms with E-state index in [0.29, 0.717) is 5.56 Å². The van der Waals surface area contributed by atoms with Crippen molar-refractivity contribution in [2.45, 2.75) is 32.8 Å². The standard InChI is InChI=1S/C20H20O5/c1-3-7-15-10-12-17(13-11-15)19(22)24-14(2)18(21)25-20(23)16-8-5-4-6-9-16/h4-6,8-14H,3,7H2,1-2H3. The Morgan fingerprint density at radius 2 is 1.48 bits per heavy atom. The fourth-order valence-corrected chi connectivity index (χ4v) is 2.18. The quantitative estimate of drug-likeness (QED) is 0.594. The van der Waals surface area contributed by atoms with Crippen LogP contribution in [0, 0.1) is 0 Å². The molecule has 25 heavy (non-hydrogen) atoms. The lowest BCUT2D eigenvalue weighted by molar-refractivity contribution is -0.147. The number of esters is 3. The highest BCUT2D eigenvalue weighted by Crippen LogP contribution is 2.10. The zero-order valence-electron chi connectivity index (χ0n) is 14.2. The number of carbonyl (C=O) groups excluding carboxylic acids is 3. The first-order valence-corrected chi connectivity index (χ1v) is 8.12. The molecule has 0 fully saturated rings. The smallest absolute Gasteiger partial charge is 0.355 e. The van der Waals surface area contributed by atoms with Crippen molar-refractivity contribution in [2.75, 3.05) is 0 Å². The molecule has 0 spiro atoms. The predicted molar refractivity (Wildman–Crippen MR) is 92.2 cm³/mol. The van der Waals surface area contributed by atoms with E-state index in [4.69, 9.17) is 9.47 Å². The van der Waals surface area contributed by atoms with Crippen LogP contribution in [0.1, 0.15) is 46.5 Å². The predicted octanol–water partition coefficient (Wildman–Crippen LogP) is 3.57. The topological polar surface area (TPSA) is 69.7 Å². The van der Waals surface area contributed by atoms with Crippen molar-refractivity contribution in [3.8, 4) is 0 Å². The SMILES string of the molecule is CCCc1ccc(C(=O)OC(C)C(=O)OC(=O)c2ccccc2)cc1.